The van der Waals surface area contributed by atoms with Gasteiger partial charge in [-0.25, -0.2) is 0 Å². The highest BCUT2D eigenvalue weighted by atomic mass is 14.2. The molecule has 0 radical (unpaired) electrons. The Bertz CT molecular complexity index is 269. The van der Waals surface area contributed by atoms with Crippen molar-refractivity contribution in [1.29, 1.82) is 0 Å². The first-order valence-corrected chi connectivity index (χ1v) is 13.8. The van der Waals surface area contributed by atoms with Gasteiger partial charge < -0.3 is 0 Å². The average Bonchev–Trinajstić information content (AvgIpc) is 2.70. The monoisotopic (exact) mass is 394 g/mol. The van der Waals surface area contributed by atoms with Crippen molar-refractivity contribution in [2.45, 2.75) is 169 Å². The maximum absolute atomic E-state index is 2.57. The van der Waals surface area contributed by atoms with Crippen molar-refractivity contribution in [1.82, 2.24) is 0 Å². The Labute approximate surface area is 181 Å². The summed E-state index contributed by atoms with van der Waals surface area (Å²) in [5.41, 5.74) is 0. The van der Waals surface area contributed by atoms with E-state index in [4.69, 9.17) is 0 Å². The Morgan fingerprint density at radius 1 is 0.357 bits per heavy atom. The highest BCUT2D eigenvalue weighted by Gasteiger charge is 2.16. The lowest BCUT2D eigenvalue weighted by atomic mass is 9.82. The van der Waals surface area contributed by atoms with E-state index in [1.54, 1.807) is 0 Å². The van der Waals surface area contributed by atoms with Crippen molar-refractivity contribution in [3.63, 3.8) is 0 Å². The second-order valence-corrected chi connectivity index (χ2v) is 9.76. The third kappa shape index (κ3) is 19.3. The van der Waals surface area contributed by atoms with Crippen LogP contribution >= 0.6 is 0 Å². The lowest BCUT2D eigenvalue weighted by Gasteiger charge is -2.24. The highest BCUT2D eigenvalue weighted by Crippen LogP contribution is 2.29. The summed E-state index contributed by atoms with van der Waals surface area (Å²) in [5, 5.41) is 0. The van der Waals surface area contributed by atoms with E-state index in [1.807, 2.05) is 0 Å². The molecule has 0 aromatic carbocycles. The minimum Gasteiger partial charge on any atom is -0.0654 e. The van der Waals surface area contributed by atoms with Gasteiger partial charge >= 0.3 is 0 Å². The molecule has 0 nitrogen and oxygen atoms in total. The van der Waals surface area contributed by atoms with Crippen LogP contribution in [0.4, 0.5) is 0 Å². The third-order valence-electron chi connectivity index (χ3n) is 6.92. The van der Waals surface area contributed by atoms with E-state index in [0.717, 1.165) is 11.8 Å². The summed E-state index contributed by atoms with van der Waals surface area (Å²) in [4.78, 5) is 0. The highest BCUT2D eigenvalue weighted by molar-refractivity contribution is 4.68. The van der Waals surface area contributed by atoms with E-state index in [1.165, 1.54) is 141 Å². The second-order valence-electron chi connectivity index (χ2n) is 9.76. The van der Waals surface area contributed by atoms with Crippen LogP contribution in [0.2, 0.25) is 0 Å². The Morgan fingerprint density at radius 2 is 0.643 bits per heavy atom. The lowest BCUT2D eigenvalue weighted by molar-refractivity contribution is 0.275. The molecule has 0 heterocycles. The molecule has 170 valence electrons. The molecule has 0 saturated carbocycles. The Balaban J connectivity index is 3.84. The van der Waals surface area contributed by atoms with Gasteiger partial charge in [-0.15, -0.1) is 0 Å². The maximum Gasteiger partial charge on any atom is -0.0388 e. The number of unbranched alkanes of at least 4 members (excludes halogenated alkanes) is 16. The molecule has 0 fully saturated rings. The van der Waals surface area contributed by atoms with Gasteiger partial charge in [0.15, 0.2) is 0 Å². The number of hydrogen-bond donors (Lipinski definition) is 0. The first kappa shape index (κ1) is 28.0. The SMILES string of the molecule is CCCCCCCCCCC(C)C(CCCCC)CCCCCCCCCC. The zero-order valence-corrected chi connectivity index (χ0v) is 20.7. The van der Waals surface area contributed by atoms with Gasteiger partial charge in [-0.3, -0.25) is 0 Å². The van der Waals surface area contributed by atoms with E-state index in [0.29, 0.717) is 0 Å². The summed E-state index contributed by atoms with van der Waals surface area (Å²) in [6.45, 7) is 9.54. The van der Waals surface area contributed by atoms with Gasteiger partial charge in [0, 0.05) is 0 Å². The smallest absolute Gasteiger partial charge is 0.0388 e. The fourth-order valence-electron chi connectivity index (χ4n) is 4.75. The molecule has 0 aromatic rings. The van der Waals surface area contributed by atoms with Gasteiger partial charge in [0.2, 0.25) is 0 Å². The molecule has 2 unspecified atom stereocenters. The summed E-state index contributed by atoms with van der Waals surface area (Å²) in [5.74, 6) is 1.97. The van der Waals surface area contributed by atoms with Crippen LogP contribution in [0.1, 0.15) is 169 Å². The van der Waals surface area contributed by atoms with Crippen LogP contribution in [0.25, 0.3) is 0 Å². The van der Waals surface area contributed by atoms with E-state index < -0.39 is 0 Å². The number of hydrogen-bond acceptors (Lipinski definition) is 0. The summed E-state index contributed by atoms with van der Waals surface area (Å²) in [7, 11) is 0. The summed E-state index contributed by atoms with van der Waals surface area (Å²) < 4.78 is 0. The molecule has 0 saturated heterocycles. The van der Waals surface area contributed by atoms with Crippen LogP contribution in [-0.2, 0) is 0 Å². The van der Waals surface area contributed by atoms with Crippen LogP contribution in [0, 0.1) is 11.8 Å². The molecule has 2 atom stereocenters. The van der Waals surface area contributed by atoms with E-state index in [-0.39, 0.29) is 0 Å². The molecular weight excluding hydrogens is 336 g/mol. The summed E-state index contributed by atoms with van der Waals surface area (Å²) in [6.07, 6.45) is 32.2. The minimum atomic E-state index is 0.960. The van der Waals surface area contributed by atoms with Crippen LogP contribution in [0.15, 0.2) is 0 Å². The molecule has 0 N–H and O–H groups in total. The zero-order valence-electron chi connectivity index (χ0n) is 20.7. The fourth-order valence-corrected chi connectivity index (χ4v) is 4.75. The van der Waals surface area contributed by atoms with Crippen molar-refractivity contribution < 1.29 is 0 Å². The van der Waals surface area contributed by atoms with Crippen LogP contribution < -0.4 is 0 Å². The van der Waals surface area contributed by atoms with Gasteiger partial charge in [0.05, 0.1) is 0 Å². The fraction of sp³-hybridized carbons (Fsp3) is 1.00. The molecule has 0 aliphatic carbocycles. The molecule has 0 aliphatic heterocycles. The molecule has 0 aromatic heterocycles. The second kappa shape index (κ2) is 23.3. The van der Waals surface area contributed by atoms with Crippen molar-refractivity contribution in [3.05, 3.63) is 0 Å². The first-order chi connectivity index (χ1) is 13.8. The van der Waals surface area contributed by atoms with E-state index in [2.05, 4.69) is 27.7 Å². The molecule has 28 heavy (non-hydrogen) atoms. The van der Waals surface area contributed by atoms with Crippen molar-refractivity contribution in [2.24, 2.45) is 11.8 Å². The quantitative estimate of drug-likeness (QED) is 0.151. The zero-order chi connectivity index (χ0) is 20.7. The van der Waals surface area contributed by atoms with Gasteiger partial charge in [-0.2, -0.15) is 0 Å². The van der Waals surface area contributed by atoms with Gasteiger partial charge in [-0.1, -0.05) is 169 Å². The molecule has 0 amide bonds. The normalized spacial score (nSPS) is 13.7. The van der Waals surface area contributed by atoms with Gasteiger partial charge in [0.1, 0.15) is 0 Å². The minimum absolute atomic E-state index is 0.960. The average molecular weight is 395 g/mol. The topological polar surface area (TPSA) is 0 Å². The lowest BCUT2D eigenvalue weighted by Crippen LogP contribution is -2.12. The maximum atomic E-state index is 2.57. The standard InChI is InChI=1S/C28H58/c1-5-8-11-13-15-17-19-22-24-27(4)28(25-21-10-7-3)26-23-20-18-16-14-12-9-6-2/h27-28H,5-26H2,1-4H3. The largest absolute Gasteiger partial charge is 0.0654 e. The Morgan fingerprint density at radius 3 is 1.07 bits per heavy atom. The summed E-state index contributed by atoms with van der Waals surface area (Å²) >= 11 is 0. The molecule has 0 heteroatoms. The molecular formula is C28H58. The Hall–Kier alpha value is 0. The first-order valence-electron chi connectivity index (χ1n) is 13.8. The predicted octanol–water partition coefficient (Wildman–Crippen LogP) is 10.9. The molecule has 0 bridgehead atoms. The molecule has 0 rings (SSSR count). The number of rotatable bonds is 23. The van der Waals surface area contributed by atoms with Crippen molar-refractivity contribution in [2.75, 3.05) is 0 Å². The van der Waals surface area contributed by atoms with E-state index >= 15 is 0 Å². The van der Waals surface area contributed by atoms with Crippen LogP contribution in [-0.4, -0.2) is 0 Å². The Kier molecular flexibility index (Phi) is 23.3. The molecule has 0 aliphatic rings. The third-order valence-corrected chi connectivity index (χ3v) is 6.92. The van der Waals surface area contributed by atoms with Crippen LogP contribution in [0.5, 0.6) is 0 Å². The summed E-state index contributed by atoms with van der Waals surface area (Å²) in [6, 6.07) is 0. The van der Waals surface area contributed by atoms with Gasteiger partial charge in [0.25, 0.3) is 0 Å². The van der Waals surface area contributed by atoms with Gasteiger partial charge in [-0.05, 0) is 11.8 Å². The van der Waals surface area contributed by atoms with Crippen molar-refractivity contribution >= 4 is 0 Å². The van der Waals surface area contributed by atoms with Crippen LogP contribution in [0.3, 0.4) is 0 Å². The van der Waals surface area contributed by atoms with Crippen molar-refractivity contribution in [3.8, 4) is 0 Å². The molecule has 0 spiro atoms. The van der Waals surface area contributed by atoms with E-state index in [9.17, 15) is 0 Å². The predicted molar refractivity (Wildman–Crippen MR) is 131 cm³/mol.